The van der Waals surface area contributed by atoms with Crippen LogP contribution in [-0.2, 0) is 4.74 Å². The number of aryl methyl sites for hydroxylation is 1. The largest absolute Gasteiger partial charge is 0.454 e. The van der Waals surface area contributed by atoms with Gasteiger partial charge in [-0.25, -0.2) is 22.2 Å². The van der Waals surface area contributed by atoms with Crippen LogP contribution in [0.25, 0.3) is 16.6 Å². The summed E-state index contributed by atoms with van der Waals surface area (Å²) in [5.74, 6) is -4.77. The number of fused-ring (bicyclic) bond motifs is 1. The second kappa shape index (κ2) is 11.6. The van der Waals surface area contributed by atoms with Gasteiger partial charge in [-0.3, -0.25) is 4.79 Å². The fraction of sp³-hybridized carbons (Fsp3) is 0.172. The van der Waals surface area contributed by atoms with E-state index >= 15 is 4.39 Å². The molecule has 1 saturated heterocycles. The van der Waals surface area contributed by atoms with Crippen LogP contribution in [0.5, 0.6) is 11.5 Å². The lowest BCUT2D eigenvalue weighted by Gasteiger charge is -2.25. The number of carbonyl (C=O) groups is 1. The molecular weight excluding hydrogens is 588 g/mol. The molecule has 0 unspecified atom stereocenters. The Labute approximate surface area is 246 Å². The molecule has 2 aromatic heterocycles. The van der Waals surface area contributed by atoms with Crippen molar-refractivity contribution in [2.24, 2.45) is 0 Å². The number of halogens is 4. The predicted molar refractivity (Wildman–Crippen MR) is 154 cm³/mol. The smallest absolute Gasteiger partial charge is 0.214 e. The van der Waals surface area contributed by atoms with Gasteiger partial charge in [0.2, 0.25) is 11.6 Å². The van der Waals surface area contributed by atoms with Crippen molar-refractivity contribution in [1.82, 2.24) is 19.1 Å². The number of ketones is 1. The summed E-state index contributed by atoms with van der Waals surface area (Å²) in [5.41, 5.74) is 7.39. The number of aromatic nitrogens is 3. The molecule has 3 aromatic carbocycles. The molecule has 0 atom stereocenters. The fourth-order valence-electron chi connectivity index (χ4n) is 4.68. The highest BCUT2D eigenvalue weighted by Crippen LogP contribution is 2.32. The number of aromatic amines is 1. The average Bonchev–Trinajstić information content (AvgIpc) is 3.57. The minimum atomic E-state index is -1.21. The summed E-state index contributed by atoms with van der Waals surface area (Å²) >= 11 is 1.27. The van der Waals surface area contributed by atoms with Crippen molar-refractivity contribution in [3.05, 3.63) is 94.8 Å². The van der Waals surface area contributed by atoms with Crippen molar-refractivity contribution in [3.8, 4) is 17.2 Å². The number of hydrogen-bond acceptors (Lipinski definition) is 8. The van der Waals surface area contributed by atoms with Crippen LogP contribution < -0.4 is 15.2 Å². The van der Waals surface area contributed by atoms with E-state index in [2.05, 4.69) is 14.8 Å². The molecule has 0 radical (unpaired) electrons. The third kappa shape index (κ3) is 5.63. The number of morpholine rings is 1. The van der Waals surface area contributed by atoms with E-state index in [1.54, 1.807) is 13.0 Å². The summed E-state index contributed by atoms with van der Waals surface area (Å²) in [6.07, 6.45) is 1.21. The van der Waals surface area contributed by atoms with E-state index in [0.29, 0.717) is 42.8 Å². The number of nitrogens with one attached hydrogen (secondary N) is 2. The van der Waals surface area contributed by atoms with Crippen LogP contribution in [0.3, 0.4) is 0 Å². The van der Waals surface area contributed by atoms with E-state index in [1.807, 2.05) is 4.31 Å². The average molecular weight is 613 g/mol. The first-order valence-corrected chi connectivity index (χ1v) is 13.9. The van der Waals surface area contributed by atoms with E-state index in [9.17, 15) is 18.0 Å². The molecule has 0 saturated carbocycles. The Morgan fingerprint density at radius 2 is 1.86 bits per heavy atom. The standard InChI is InChI=1S/C29H24F4N6O3S/c1-15-9-17(42-25-4-2-3-19(30)26(25)33)12-21(32)27(15)39-29(34)18(14-35-39)28(40)24-11-16-10-20(31)23(13-22(16)36-24)37-43-38-5-7-41-8-6-38/h2-4,9-14,36-37H,5-8,34H2,1H3. The van der Waals surface area contributed by atoms with Crippen LogP contribution in [0, 0.1) is 30.2 Å². The zero-order chi connectivity index (χ0) is 30.2. The summed E-state index contributed by atoms with van der Waals surface area (Å²) in [5, 5.41) is 4.60. The Bertz CT molecular complexity index is 1830. The first kappa shape index (κ1) is 28.6. The molecule has 5 aromatic rings. The normalized spacial score (nSPS) is 13.9. The highest BCUT2D eigenvalue weighted by Gasteiger charge is 2.23. The zero-order valence-corrected chi connectivity index (χ0v) is 23.4. The van der Waals surface area contributed by atoms with E-state index < -0.39 is 34.8 Å². The van der Waals surface area contributed by atoms with Gasteiger partial charge in [0.25, 0.3) is 0 Å². The first-order chi connectivity index (χ1) is 20.7. The van der Waals surface area contributed by atoms with Crippen molar-refractivity contribution in [1.29, 1.82) is 0 Å². The van der Waals surface area contributed by atoms with Crippen molar-refractivity contribution < 1.29 is 31.8 Å². The van der Waals surface area contributed by atoms with Gasteiger partial charge >= 0.3 is 0 Å². The van der Waals surface area contributed by atoms with E-state index in [-0.39, 0.29) is 34.2 Å². The van der Waals surface area contributed by atoms with Gasteiger partial charge in [-0.2, -0.15) is 9.49 Å². The third-order valence-corrected chi connectivity index (χ3v) is 7.78. The Hall–Kier alpha value is -4.53. The van der Waals surface area contributed by atoms with Crippen LogP contribution in [-0.4, -0.2) is 51.2 Å². The molecule has 6 rings (SSSR count). The van der Waals surface area contributed by atoms with Crippen molar-refractivity contribution in [3.63, 3.8) is 0 Å². The minimum Gasteiger partial charge on any atom is -0.454 e. The lowest BCUT2D eigenvalue weighted by atomic mass is 10.1. The lowest BCUT2D eigenvalue weighted by molar-refractivity contribution is 0.0775. The SMILES string of the molecule is Cc1cc(Oc2cccc(F)c2F)cc(F)c1-n1ncc(C(=O)c2cc3cc(F)c(NSN4CCOCC4)cc3[nH]2)c1N. The molecule has 222 valence electrons. The Morgan fingerprint density at radius 3 is 2.63 bits per heavy atom. The number of ether oxygens (including phenoxy) is 2. The molecule has 1 aliphatic rings. The molecule has 0 aliphatic carbocycles. The number of nitrogens with two attached hydrogens (primary N) is 1. The number of nitrogen functional groups attached to an aromatic ring is 1. The fourth-order valence-corrected chi connectivity index (χ4v) is 5.40. The van der Waals surface area contributed by atoms with Gasteiger partial charge < -0.3 is 24.9 Å². The minimum absolute atomic E-state index is 0.00536. The Balaban J connectivity index is 1.24. The van der Waals surface area contributed by atoms with Crippen molar-refractivity contribution >= 4 is 40.3 Å². The number of carbonyl (C=O) groups excluding carboxylic acids is 1. The maximum atomic E-state index is 15.3. The summed E-state index contributed by atoms with van der Waals surface area (Å²) < 4.78 is 74.4. The number of rotatable bonds is 8. The first-order valence-electron chi connectivity index (χ1n) is 13.1. The second-order valence-corrected chi connectivity index (χ2v) is 10.6. The van der Waals surface area contributed by atoms with Gasteiger partial charge in [0, 0.05) is 42.2 Å². The number of anilines is 2. The molecule has 1 fully saturated rings. The molecule has 14 heteroatoms. The quantitative estimate of drug-likeness (QED) is 0.109. The van der Waals surface area contributed by atoms with Gasteiger partial charge in [0.05, 0.1) is 36.4 Å². The second-order valence-electron chi connectivity index (χ2n) is 9.75. The maximum Gasteiger partial charge on any atom is 0.214 e. The number of H-pyrrole nitrogens is 1. The molecular formula is C29H24F4N6O3S. The summed E-state index contributed by atoms with van der Waals surface area (Å²) in [6.45, 7) is 4.15. The van der Waals surface area contributed by atoms with Gasteiger partial charge in [-0.15, -0.1) is 0 Å². The summed E-state index contributed by atoms with van der Waals surface area (Å²) in [7, 11) is 0. The topological polar surface area (TPSA) is 110 Å². The van der Waals surface area contributed by atoms with E-state index in [0.717, 1.165) is 16.8 Å². The van der Waals surface area contributed by atoms with Crippen LogP contribution >= 0.6 is 12.1 Å². The molecule has 43 heavy (non-hydrogen) atoms. The Kier molecular flexibility index (Phi) is 7.73. The zero-order valence-electron chi connectivity index (χ0n) is 22.6. The van der Waals surface area contributed by atoms with E-state index in [1.165, 1.54) is 48.7 Å². The van der Waals surface area contributed by atoms with Crippen molar-refractivity contribution in [2.45, 2.75) is 6.92 Å². The van der Waals surface area contributed by atoms with Gasteiger partial charge in [0.15, 0.2) is 17.4 Å². The maximum absolute atomic E-state index is 15.3. The summed E-state index contributed by atoms with van der Waals surface area (Å²) in [4.78, 5) is 16.4. The number of hydrogen-bond donors (Lipinski definition) is 3. The molecule has 0 spiro atoms. The van der Waals surface area contributed by atoms with Crippen LogP contribution in [0.15, 0.2) is 54.7 Å². The molecule has 4 N–H and O–H groups in total. The van der Waals surface area contributed by atoms with Crippen molar-refractivity contribution in [2.75, 3.05) is 36.8 Å². The summed E-state index contributed by atoms with van der Waals surface area (Å²) in [6, 6.07) is 10.2. The molecule has 9 nitrogen and oxygen atoms in total. The van der Waals surface area contributed by atoms with Gasteiger partial charge in [-0.05, 0) is 48.9 Å². The van der Waals surface area contributed by atoms with Gasteiger partial charge in [0.1, 0.15) is 23.1 Å². The Morgan fingerprint density at radius 1 is 1.07 bits per heavy atom. The molecule has 1 aliphatic heterocycles. The highest BCUT2D eigenvalue weighted by molar-refractivity contribution is 7.98. The predicted octanol–water partition coefficient (Wildman–Crippen LogP) is 6.13. The van der Waals surface area contributed by atoms with Gasteiger partial charge in [-0.1, -0.05) is 6.07 Å². The molecule has 0 amide bonds. The number of benzene rings is 3. The molecule has 3 heterocycles. The van der Waals surface area contributed by atoms with Crippen LogP contribution in [0.4, 0.5) is 29.1 Å². The van der Waals surface area contributed by atoms with Crippen LogP contribution in [0.2, 0.25) is 0 Å². The number of nitrogens with zero attached hydrogens (tertiary/aromatic N) is 3. The molecule has 0 bridgehead atoms. The van der Waals surface area contributed by atoms with E-state index in [4.69, 9.17) is 15.2 Å². The monoisotopic (exact) mass is 612 g/mol. The lowest BCUT2D eigenvalue weighted by Crippen LogP contribution is -2.32. The third-order valence-electron chi connectivity index (χ3n) is 6.84. The highest BCUT2D eigenvalue weighted by atomic mass is 32.2. The van der Waals surface area contributed by atoms with Crippen LogP contribution in [0.1, 0.15) is 21.6 Å².